The van der Waals surface area contributed by atoms with Crippen LogP contribution in [0.1, 0.15) is 56.8 Å². The quantitative estimate of drug-likeness (QED) is 0.431. The van der Waals surface area contributed by atoms with Crippen LogP contribution < -0.4 is 9.62 Å². The summed E-state index contributed by atoms with van der Waals surface area (Å²) in [5.74, 6) is -0.725. The molecule has 4 rings (SSSR count). The predicted octanol–water partition coefficient (Wildman–Crippen LogP) is 4.94. The molecule has 1 amide bonds. The SMILES string of the molecule is CC1CCC(C(=O)N(c2nn(-c3ccc(NS(=O)(=O)c4ccccc4)cc3)cc2C(=O)O)C(C)C)CC1. The summed E-state index contributed by atoms with van der Waals surface area (Å²) in [4.78, 5) is 27.2. The number of carboxylic acids is 1. The van der Waals surface area contributed by atoms with Crippen molar-refractivity contribution in [1.82, 2.24) is 9.78 Å². The van der Waals surface area contributed by atoms with Crippen LogP contribution in [0.25, 0.3) is 5.69 Å². The van der Waals surface area contributed by atoms with Crippen molar-refractivity contribution in [2.45, 2.75) is 57.4 Å². The molecule has 1 aliphatic carbocycles. The van der Waals surface area contributed by atoms with Crippen molar-refractivity contribution >= 4 is 33.4 Å². The zero-order valence-electron chi connectivity index (χ0n) is 21.2. The fourth-order valence-electron chi connectivity index (χ4n) is 4.63. The number of nitrogens with one attached hydrogen (secondary N) is 1. The first-order valence-electron chi connectivity index (χ1n) is 12.4. The molecular formula is C27H32N4O5S. The van der Waals surface area contributed by atoms with E-state index in [1.165, 1.54) is 27.9 Å². The first-order chi connectivity index (χ1) is 17.6. The summed E-state index contributed by atoms with van der Waals surface area (Å²) in [6.07, 6.45) is 4.90. The van der Waals surface area contributed by atoms with Crippen molar-refractivity contribution < 1.29 is 23.1 Å². The Hall–Kier alpha value is -3.66. The number of carbonyl (C=O) groups excluding carboxylic acids is 1. The summed E-state index contributed by atoms with van der Waals surface area (Å²) in [7, 11) is -3.74. The molecule has 37 heavy (non-hydrogen) atoms. The Labute approximate surface area is 217 Å². The number of benzene rings is 2. The number of carboxylic acid groups (broad SMARTS) is 1. The molecule has 3 aromatic rings. The number of nitrogens with zero attached hydrogens (tertiary/aromatic N) is 3. The molecular weight excluding hydrogens is 492 g/mol. The summed E-state index contributed by atoms with van der Waals surface area (Å²) in [5.41, 5.74) is 0.808. The minimum atomic E-state index is -3.74. The van der Waals surface area contributed by atoms with E-state index in [-0.39, 0.29) is 34.1 Å². The van der Waals surface area contributed by atoms with Gasteiger partial charge in [0.25, 0.3) is 10.0 Å². The highest BCUT2D eigenvalue weighted by Crippen LogP contribution is 2.33. The highest BCUT2D eigenvalue weighted by atomic mass is 32.2. The number of hydrogen-bond acceptors (Lipinski definition) is 5. The Balaban J connectivity index is 1.61. The van der Waals surface area contributed by atoms with Gasteiger partial charge in [0, 0.05) is 23.8 Å². The van der Waals surface area contributed by atoms with Crippen molar-refractivity contribution in [3.63, 3.8) is 0 Å². The summed E-state index contributed by atoms with van der Waals surface area (Å²) in [6.45, 7) is 5.88. The van der Waals surface area contributed by atoms with Crippen LogP contribution in [0.2, 0.25) is 0 Å². The summed E-state index contributed by atoms with van der Waals surface area (Å²) >= 11 is 0. The zero-order chi connectivity index (χ0) is 26.7. The number of carbonyl (C=O) groups is 2. The topological polar surface area (TPSA) is 122 Å². The van der Waals surface area contributed by atoms with E-state index in [0.717, 1.165) is 25.7 Å². The Bertz CT molecular complexity index is 1360. The molecule has 1 heterocycles. The molecule has 0 spiro atoms. The van der Waals surface area contributed by atoms with E-state index in [4.69, 9.17) is 0 Å². The molecule has 2 N–H and O–H groups in total. The Morgan fingerprint density at radius 1 is 1.03 bits per heavy atom. The van der Waals surface area contributed by atoms with Crippen LogP contribution >= 0.6 is 0 Å². The van der Waals surface area contributed by atoms with Gasteiger partial charge in [-0.1, -0.05) is 25.1 Å². The van der Waals surface area contributed by atoms with Gasteiger partial charge in [-0.3, -0.25) is 14.4 Å². The summed E-state index contributed by atoms with van der Waals surface area (Å²) < 4.78 is 29.1. The molecule has 1 fully saturated rings. The molecule has 0 atom stereocenters. The lowest BCUT2D eigenvalue weighted by Gasteiger charge is -2.32. The Morgan fingerprint density at radius 2 is 1.65 bits per heavy atom. The number of aromatic nitrogens is 2. The first kappa shape index (κ1) is 26.4. The fraction of sp³-hybridized carbons (Fsp3) is 0.370. The van der Waals surface area contributed by atoms with Crippen molar-refractivity contribution in [2.24, 2.45) is 11.8 Å². The zero-order valence-corrected chi connectivity index (χ0v) is 22.0. The molecule has 196 valence electrons. The monoisotopic (exact) mass is 524 g/mol. The number of anilines is 2. The van der Waals surface area contributed by atoms with E-state index in [9.17, 15) is 23.1 Å². The highest BCUT2D eigenvalue weighted by molar-refractivity contribution is 7.92. The third-order valence-electron chi connectivity index (χ3n) is 6.71. The van der Waals surface area contributed by atoms with Gasteiger partial charge in [0.05, 0.1) is 10.6 Å². The van der Waals surface area contributed by atoms with Crippen LogP contribution in [0.15, 0.2) is 65.7 Å². The highest BCUT2D eigenvalue weighted by Gasteiger charge is 2.34. The lowest BCUT2D eigenvalue weighted by molar-refractivity contribution is -0.124. The molecule has 10 heteroatoms. The van der Waals surface area contributed by atoms with Crippen LogP contribution in [0.5, 0.6) is 0 Å². The van der Waals surface area contributed by atoms with Gasteiger partial charge < -0.3 is 5.11 Å². The van der Waals surface area contributed by atoms with E-state index in [2.05, 4.69) is 16.7 Å². The van der Waals surface area contributed by atoms with Crippen molar-refractivity contribution in [2.75, 3.05) is 9.62 Å². The lowest BCUT2D eigenvalue weighted by atomic mass is 9.82. The summed E-state index contributed by atoms with van der Waals surface area (Å²) in [6, 6.07) is 14.2. The van der Waals surface area contributed by atoms with Crippen molar-refractivity contribution in [1.29, 1.82) is 0 Å². The van der Waals surface area contributed by atoms with Crippen molar-refractivity contribution in [3.05, 3.63) is 66.4 Å². The molecule has 0 radical (unpaired) electrons. The number of hydrogen-bond donors (Lipinski definition) is 2. The molecule has 9 nitrogen and oxygen atoms in total. The molecule has 0 saturated heterocycles. The van der Waals surface area contributed by atoms with Gasteiger partial charge in [-0.25, -0.2) is 17.9 Å². The molecule has 1 aromatic heterocycles. The lowest BCUT2D eigenvalue weighted by Crippen LogP contribution is -2.43. The molecule has 1 saturated carbocycles. The van der Waals surface area contributed by atoms with Crippen LogP contribution in [-0.4, -0.2) is 41.2 Å². The minimum Gasteiger partial charge on any atom is -0.477 e. The van der Waals surface area contributed by atoms with Gasteiger partial charge in [-0.05, 0) is 81.8 Å². The van der Waals surface area contributed by atoms with E-state index >= 15 is 0 Å². The largest absolute Gasteiger partial charge is 0.477 e. The Kier molecular flexibility index (Phi) is 7.68. The average Bonchev–Trinajstić information content (AvgIpc) is 3.30. The second kappa shape index (κ2) is 10.8. The molecule has 2 aromatic carbocycles. The third kappa shape index (κ3) is 5.85. The maximum atomic E-state index is 13.5. The summed E-state index contributed by atoms with van der Waals surface area (Å²) in [5, 5.41) is 14.4. The van der Waals surface area contributed by atoms with Crippen molar-refractivity contribution in [3.8, 4) is 5.69 Å². The molecule has 0 bridgehead atoms. The van der Waals surface area contributed by atoms with Gasteiger partial charge >= 0.3 is 5.97 Å². The third-order valence-corrected chi connectivity index (χ3v) is 8.11. The number of rotatable bonds is 8. The van der Waals surface area contributed by atoms with E-state index < -0.39 is 16.0 Å². The second-order valence-electron chi connectivity index (χ2n) is 9.84. The maximum absolute atomic E-state index is 13.5. The molecule has 0 unspecified atom stereocenters. The first-order valence-corrected chi connectivity index (χ1v) is 13.9. The predicted molar refractivity (Wildman–Crippen MR) is 142 cm³/mol. The second-order valence-corrected chi connectivity index (χ2v) is 11.5. The molecule has 1 aliphatic rings. The van der Waals surface area contributed by atoms with Gasteiger partial charge in [0.1, 0.15) is 5.56 Å². The molecule has 0 aliphatic heterocycles. The minimum absolute atomic E-state index is 0.0694. The maximum Gasteiger partial charge on any atom is 0.341 e. The normalized spacial score (nSPS) is 17.9. The van der Waals surface area contributed by atoms with E-state index in [1.54, 1.807) is 42.5 Å². The van der Waals surface area contributed by atoms with Gasteiger partial charge in [0.2, 0.25) is 5.91 Å². The van der Waals surface area contributed by atoms with Crippen LogP contribution in [0.4, 0.5) is 11.5 Å². The number of aromatic carboxylic acids is 1. The van der Waals surface area contributed by atoms with Crippen LogP contribution in [0.3, 0.4) is 0 Å². The van der Waals surface area contributed by atoms with Gasteiger partial charge in [-0.2, -0.15) is 0 Å². The number of amides is 1. The van der Waals surface area contributed by atoms with Crippen LogP contribution in [-0.2, 0) is 14.8 Å². The standard InChI is InChI=1S/C27H32N4O5S/c1-18(2)31(26(32)20-11-9-19(3)10-12-20)25-24(27(33)34)17-30(28-25)22-15-13-21(14-16-22)29-37(35,36)23-7-5-4-6-8-23/h4-8,13-20,29H,9-12H2,1-3H3,(H,33,34). The average molecular weight is 525 g/mol. The Morgan fingerprint density at radius 3 is 2.22 bits per heavy atom. The van der Waals surface area contributed by atoms with Gasteiger partial charge in [-0.15, -0.1) is 5.10 Å². The van der Waals surface area contributed by atoms with Gasteiger partial charge in [0.15, 0.2) is 5.82 Å². The number of sulfonamides is 1. The smallest absolute Gasteiger partial charge is 0.341 e. The van der Waals surface area contributed by atoms with E-state index in [0.29, 0.717) is 17.3 Å². The van der Waals surface area contributed by atoms with Crippen LogP contribution in [0, 0.1) is 11.8 Å². The van der Waals surface area contributed by atoms with E-state index in [1.807, 2.05) is 13.8 Å². The fourth-order valence-corrected chi connectivity index (χ4v) is 5.71.